The van der Waals surface area contributed by atoms with Gasteiger partial charge in [-0.2, -0.15) is 23.3 Å². The van der Waals surface area contributed by atoms with Crippen molar-refractivity contribution in [3.63, 3.8) is 0 Å². The zero-order valence-electron chi connectivity index (χ0n) is 36.7. The van der Waals surface area contributed by atoms with E-state index in [4.69, 9.17) is 27.6 Å². The zero-order valence-corrected chi connectivity index (χ0v) is 38.5. The number of alkyl halides is 3. The summed E-state index contributed by atoms with van der Waals surface area (Å²) in [4.78, 5) is 45.8. The minimum atomic E-state index is -5.08. The number of carbonyl (C=O) groups is 2. The van der Waals surface area contributed by atoms with Gasteiger partial charge < -0.3 is 27.6 Å². The van der Waals surface area contributed by atoms with Crippen molar-refractivity contribution >= 4 is 38.8 Å². The SMILES string of the molecule is C[C@H](NP(=O)(Oc1ccccc1)Oc1c([N+](=O)[O-])cccc1C(F)(F)F)C(=O)OCc1ccccc1.Cc1cc([N+](=O)[O-])ccc1OP(=O)(N[C@@H](C)C(=O)OCc1ccccc1)Oc1ccccc1. The van der Waals surface area contributed by atoms with Gasteiger partial charge in [-0.05, 0) is 73.9 Å². The molecular formula is C46H43F3N4O14P2. The molecule has 23 heteroatoms. The normalized spacial score (nSPS) is 13.6. The van der Waals surface area contributed by atoms with Crippen molar-refractivity contribution < 1.29 is 69.3 Å². The maximum atomic E-state index is 13.6. The molecule has 0 spiro atoms. The number of nitro benzene ring substituents is 2. The first-order valence-corrected chi connectivity index (χ1v) is 23.5. The van der Waals surface area contributed by atoms with E-state index in [-0.39, 0.29) is 36.1 Å². The fourth-order valence-electron chi connectivity index (χ4n) is 5.76. The Morgan fingerprint density at radius 1 is 0.594 bits per heavy atom. The van der Waals surface area contributed by atoms with Crippen LogP contribution in [0.3, 0.4) is 0 Å². The summed E-state index contributed by atoms with van der Waals surface area (Å²) < 4.78 is 100. The topological polar surface area (TPSA) is 234 Å². The summed E-state index contributed by atoms with van der Waals surface area (Å²) in [6, 6.07) is 36.8. The minimum Gasteiger partial charge on any atom is -0.460 e. The van der Waals surface area contributed by atoms with Gasteiger partial charge in [0, 0.05) is 18.2 Å². The lowest BCUT2D eigenvalue weighted by molar-refractivity contribution is -0.385. The molecule has 0 saturated heterocycles. The second kappa shape index (κ2) is 23.9. The van der Waals surface area contributed by atoms with Crippen molar-refractivity contribution in [3.05, 3.63) is 200 Å². The van der Waals surface area contributed by atoms with Crippen molar-refractivity contribution in [2.75, 3.05) is 0 Å². The fraction of sp³-hybridized carbons (Fsp3) is 0.174. The molecule has 0 saturated carbocycles. The maximum Gasteiger partial charge on any atom is 0.513 e. The highest BCUT2D eigenvalue weighted by Gasteiger charge is 2.43. The minimum absolute atomic E-state index is 0.0534. The largest absolute Gasteiger partial charge is 0.513 e. The lowest BCUT2D eigenvalue weighted by atomic mass is 10.1. The number of para-hydroxylation sites is 3. The van der Waals surface area contributed by atoms with Crippen molar-refractivity contribution in [1.82, 2.24) is 10.2 Å². The Bertz CT molecular complexity index is 2800. The number of nitro groups is 2. The molecule has 0 amide bonds. The number of hydrogen-bond acceptors (Lipinski definition) is 14. The molecule has 2 N–H and O–H groups in total. The van der Waals surface area contributed by atoms with Gasteiger partial charge in [0.15, 0.2) is 0 Å². The summed E-state index contributed by atoms with van der Waals surface area (Å²) >= 11 is 0. The van der Waals surface area contributed by atoms with E-state index in [9.17, 15) is 52.1 Å². The van der Waals surface area contributed by atoms with Gasteiger partial charge in [-0.15, -0.1) is 0 Å². The fourth-order valence-corrected chi connectivity index (χ4v) is 8.90. The second-order valence-corrected chi connectivity index (χ2v) is 17.7. The quantitative estimate of drug-likeness (QED) is 0.0313. The molecule has 18 nitrogen and oxygen atoms in total. The third-order valence-corrected chi connectivity index (χ3v) is 12.3. The third-order valence-electron chi connectivity index (χ3n) is 9.09. The van der Waals surface area contributed by atoms with Crippen LogP contribution < -0.4 is 28.3 Å². The number of carbonyl (C=O) groups excluding carboxylic acids is 2. The number of rotatable bonds is 20. The van der Waals surface area contributed by atoms with Gasteiger partial charge in [-0.1, -0.05) is 103 Å². The summed E-state index contributed by atoms with van der Waals surface area (Å²) in [6.45, 7) is 4.20. The molecule has 0 radical (unpaired) electrons. The van der Waals surface area contributed by atoms with Crippen LogP contribution in [0.5, 0.6) is 23.0 Å². The van der Waals surface area contributed by atoms with Crippen molar-refractivity contribution in [1.29, 1.82) is 0 Å². The standard InChI is InChI=1S/C23H20F3N2O7P.C23H23N2O7P/c1-16(22(29)33-15-17-9-4-2-5-10-17)27-36(32,34-18-11-6-3-7-12-18)35-21-19(23(24,25)26)13-8-14-20(21)28(30)31;1-17-15-20(25(27)28)13-14-22(17)32-33(29,31-21-11-7-4-8-12-21)24-18(2)23(26)30-16-19-9-5-3-6-10-19/h2-14,16H,15H2,1H3,(H,27,32);3-15,18H,16H2,1-2H3,(H,24,29)/t16-,36?;18-,33?/m00/s1. The second-order valence-electron chi connectivity index (χ2n) is 14.5. The number of aryl methyl sites for hydroxylation is 1. The Morgan fingerprint density at radius 3 is 1.43 bits per heavy atom. The van der Waals surface area contributed by atoms with Crippen LogP contribution in [0.25, 0.3) is 0 Å². The number of non-ortho nitro benzene ring substituents is 1. The van der Waals surface area contributed by atoms with E-state index >= 15 is 0 Å². The van der Waals surface area contributed by atoms with Crippen LogP contribution in [-0.2, 0) is 47.6 Å². The molecule has 0 bridgehead atoms. The first-order chi connectivity index (χ1) is 32.7. The average molecular weight is 995 g/mol. The van der Waals surface area contributed by atoms with E-state index in [1.165, 1.54) is 56.3 Å². The highest BCUT2D eigenvalue weighted by Crippen LogP contribution is 2.52. The van der Waals surface area contributed by atoms with Crippen LogP contribution in [0.1, 0.15) is 36.1 Å². The zero-order chi connectivity index (χ0) is 50.2. The monoisotopic (exact) mass is 994 g/mol. The van der Waals surface area contributed by atoms with Crippen LogP contribution >= 0.6 is 15.5 Å². The van der Waals surface area contributed by atoms with E-state index in [0.29, 0.717) is 17.2 Å². The highest BCUT2D eigenvalue weighted by atomic mass is 31.2. The van der Waals surface area contributed by atoms with Gasteiger partial charge in [0.1, 0.15) is 48.1 Å². The summed E-state index contributed by atoms with van der Waals surface area (Å²) in [7, 11) is -9.04. The van der Waals surface area contributed by atoms with E-state index in [1.54, 1.807) is 73.7 Å². The van der Waals surface area contributed by atoms with Gasteiger partial charge in [-0.3, -0.25) is 29.8 Å². The molecule has 0 aliphatic rings. The Hall–Kier alpha value is -7.57. The van der Waals surface area contributed by atoms with Crippen molar-refractivity contribution in [2.45, 2.75) is 52.2 Å². The van der Waals surface area contributed by atoms with E-state index in [2.05, 4.69) is 10.2 Å². The number of hydrogen-bond donors (Lipinski definition) is 2. The first kappa shape index (κ1) is 52.4. The molecule has 4 atom stereocenters. The van der Waals surface area contributed by atoms with Gasteiger partial charge in [0.25, 0.3) is 5.69 Å². The third kappa shape index (κ3) is 16.0. The van der Waals surface area contributed by atoms with Crippen LogP contribution in [0, 0.1) is 27.2 Å². The van der Waals surface area contributed by atoms with Gasteiger partial charge in [0.05, 0.1) is 9.85 Å². The molecule has 0 aromatic heterocycles. The van der Waals surface area contributed by atoms with Crippen LogP contribution in [-0.4, -0.2) is 33.9 Å². The molecule has 0 heterocycles. The van der Waals surface area contributed by atoms with E-state index in [0.717, 1.165) is 17.7 Å². The molecule has 69 heavy (non-hydrogen) atoms. The molecule has 6 aromatic rings. The average Bonchev–Trinajstić information content (AvgIpc) is 3.31. The molecule has 2 unspecified atom stereocenters. The van der Waals surface area contributed by atoms with Gasteiger partial charge >= 0.3 is 39.3 Å². The lowest BCUT2D eigenvalue weighted by Gasteiger charge is -2.24. The summed E-state index contributed by atoms with van der Waals surface area (Å²) in [5, 5.41) is 27.2. The smallest absolute Gasteiger partial charge is 0.460 e. The van der Waals surface area contributed by atoms with Gasteiger partial charge in [0.2, 0.25) is 5.75 Å². The number of ether oxygens (including phenoxy) is 2. The number of halogens is 3. The molecule has 0 fully saturated rings. The molecule has 0 aliphatic heterocycles. The van der Waals surface area contributed by atoms with E-state index in [1.807, 2.05) is 30.3 Å². The van der Waals surface area contributed by atoms with Crippen LogP contribution in [0.4, 0.5) is 24.5 Å². The first-order valence-electron chi connectivity index (χ1n) is 20.4. The van der Waals surface area contributed by atoms with Crippen molar-refractivity contribution in [2.24, 2.45) is 0 Å². The number of nitrogens with zero attached hydrogens (tertiary/aromatic N) is 2. The van der Waals surface area contributed by atoms with Crippen LogP contribution in [0.15, 0.2) is 158 Å². The molecule has 0 aliphatic carbocycles. The van der Waals surface area contributed by atoms with Gasteiger partial charge in [-0.25, -0.2) is 9.13 Å². The number of benzene rings is 6. The predicted octanol–water partition coefficient (Wildman–Crippen LogP) is 11.1. The summed E-state index contributed by atoms with van der Waals surface area (Å²) in [5.41, 5.74) is -0.934. The number of nitrogens with one attached hydrogen (secondary N) is 2. The van der Waals surface area contributed by atoms with Crippen molar-refractivity contribution in [3.8, 4) is 23.0 Å². The lowest BCUT2D eigenvalue weighted by Crippen LogP contribution is -2.36. The summed E-state index contributed by atoms with van der Waals surface area (Å²) in [6.07, 6.45) is -5.08. The molecule has 6 aromatic carbocycles. The highest BCUT2D eigenvalue weighted by molar-refractivity contribution is 7.52. The maximum absolute atomic E-state index is 13.6. The van der Waals surface area contributed by atoms with E-state index < -0.39 is 72.5 Å². The molecule has 362 valence electrons. The Kier molecular flexibility index (Phi) is 18.2. The molecule has 6 rings (SSSR count). The Morgan fingerprint density at radius 2 is 1.03 bits per heavy atom. The number of esters is 2. The predicted molar refractivity (Wildman–Crippen MR) is 244 cm³/mol. The molecular weight excluding hydrogens is 951 g/mol. The Balaban J connectivity index is 0.000000258. The van der Waals surface area contributed by atoms with Crippen LogP contribution in [0.2, 0.25) is 0 Å². The summed E-state index contributed by atoms with van der Waals surface area (Å²) in [5.74, 6) is -2.63. The Labute approximate surface area is 392 Å².